The van der Waals surface area contributed by atoms with E-state index in [0.717, 1.165) is 17.1 Å². The van der Waals surface area contributed by atoms with Gasteiger partial charge in [-0.1, -0.05) is 0 Å². The van der Waals surface area contributed by atoms with Crippen LogP contribution in [0.1, 0.15) is 12.5 Å². The standard InChI is InChI=1S/C17H21NO6/c1-2-23-13-3-4-15-11(8-13)7-12(9-24-15)16(19)18-5-6-22-10-14(18)17(20)21/h3-4,8,12,14H,2,5-7,9-10H2,1H3,(H,20,21)/t12-,14-/m1/s1. The van der Waals surface area contributed by atoms with Crippen molar-refractivity contribution in [1.82, 2.24) is 4.90 Å². The summed E-state index contributed by atoms with van der Waals surface area (Å²) in [6.45, 7) is 3.40. The zero-order valence-electron chi connectivity index (χ0n) is 13.6. The summed E-state index contributed by atoms with van der Waals surface area (Å²) in [5.74, 6) is -0.145. The number of nitrogens with zero attached hydrogens (tertiary/aromatic N) is 1. The van der Waals surface area contributed by atoms with Crippen LogP contribution in [0.15, 0.2) is 18.2 Å². The molecule has 0 spiro atoms. The fraction of sp³-hybridized carbons (Fsp3) is 0.529. The minimum Gasteiger partial charge on any atom is -0.494 e. The number of ether oxygens (including phenoxy) is 3. The quantitative estimate of drug-likeness (QED) is 0.882. The van der Waals surface area contributed by atoms with Gasteiger partial charge < -0.3 is 24.2 Å². The van der Waals surface area contributed by atoms with Gasteiger partial charge in [-0.2, -0.15) is 0 Å². The van der Waals surface area contributed by atoms with Crippen LogP contribution in [0.4, 0.5) is 0 Å². The predicted octanol–water partition coefficient (Wildman–Crippen LogP) is 0.948. The summed E-state index contributed by atoms with van der Waals surface area (Å²) in [6, 6.07) is 4.64. The summed E-state index contributed by atoms with van der Waals surface area (Å²) in [6.07, 6.45) is 0.513. The first-order valence-electron chi connectivity index (χ1n) is 8.09. The van der Waals surface area contributed by atoms with Gasteiger partial charge in [-0.25, -0.2) is 4.79 Å². The number of aliphatic carboxylic acids is 1. The summed E-state index contributed by atoms with van der Waals surface area (Å²) >= 11 is 0. The van der Waals surface area contributed by atoms with Crippen LogP contribution in [0.5, 0.6) is 11.5 Å². The van der Waals surface area contributed by atoms with Crippen molar-refractivity contribution in [3.05, 3.63) is 23.8 Å². The molecule has 0 aromatic heterocycles. The summed E-state index contributed by atoms with van der Waals surface area (Å²) in [4.78, 5) is 25.5. The lowest BCUT2D eigenvalue weighted by atomic mass is 9.94. The number of carbonyl (C=O) groups excluding carboxylic acids is 1. The number of amides is 1. The lowest BCUT2D eigenvalue weighted by molar-refractivity contribution is -0.161. The molecule has 7 nitrogen and oxygen atoms in total. The van der Waals surface area contributed by atoms with Gasteiger partial charge in [0.2, 0.25) is 5.91 Å². The number of carboxylic acids is 1. The molecule has 1 fully saturated rings. The van der Waals surface area contributed by atoms with Crippen LogP contribution in [0, 0.1) is 5.92 Å². The number of hydrogen-bond donors (Lipinski definition) is 1. The summed E-state index contributed by atoms with van der Waals surface area (Å²) in [7, 11) is 0. The normalized spacial score (nSPS) is 23.1. The van der Waals surface area contributed by atoms with Gasteiger partial charge in [-0.15, -0.1) is 0 Å². The molecular weight excluding hydrogens is 314 g/mol. The molecule has 130 valence electrons. The molecule has 0 unspecified atom stereocenters. The van der Waals surface area contributed by atoms with Crippen molar-refractivity contribution in [3.8, 4) is 11.5 Å². The Labute approximate surface area is 140 Å². The highest BCUT2D eigenvalue weighted by Gasteiger charge is 2.37. The van der Waals surface area contributed by atoms with E-state index in [4.69, 9.17) is 14.2 Å². The highest BCUT2D eigenvalue weighted by atomic mass is 16.5. The van der Waals surface area contributed by atoms with Gasteiger partial charge in [0, 0.05) is 6.54 Å². The number of morpholine rings is 1. The lowest BCUT2D eigenvalue weighted by Crippen LogP contribution is -2.55. The number of rotatable bonds is 4. The van der Waals surface area contributed by atoms with Gasteiger partial charge in [0.15, 0.2) is 6.04 Å². The first-order chi connectivity index (χ1) is 11.6. The molecule has 1 N–H and O–H groups in total. The minimum atomic E-state index is -1.04. The molecule has 0 saturated carbocycles. The van der Waals surface area contributed by atoms with Crippen LogP contribution in [0.25, 0.3) is 0 Å². The maximum absolute atomic E-state index is 12.8. The molecule has 3 rings (SSSR count). The smallest absolute Gasteiger partial charge is 0.328 e. The third-order valence-electron chi connectivity index (χ3n) is 4.30. The van der Waals surface area contributed by atoms with Crippen molar-refractivity contribution in [2.75, 3.05) is 33.0 Å². The van der Waals surface area contributed by atoms with E-state index in [9.17, 15) is 14.7 Å². The first-order valence-corrected chi connectivity index (χ1v) is 8.09. The number of carbonyl (C=O) groups is 2. The van der Waals surface area contributed by atoms with Crippen LogP contribution in [-0.4, -0.2) is 60.9 Å². The van der Waals surface area contributed by atoms with E-state index < -0.39 is 17.9 Å². The zero-order valence-corrected chi connectivity index (χ0v) is 13.6. The number of carboxylic acid groups (broad SMARTS) is 1. The average molecular weight is 335 g/mol. The molecule has 2 aliphatic rings. The molecule has 0 bridgehead atoms. The molecule has 1 saturated heterocycles. The molecule has 2 aliphatic heterocycles. The average Bonchev–Trinajstić information content (AvgIpc) is 2.60. The van der Waals surface area contributed by atoms with E-state index in [1.807, 2.05) is 25.1 Å². The number of benzene rings is 1. The molecule has 1 aromatic carbocycles. The first kappa shape index (κ1) is 16.6. The maximum Gasteiger partial charge on any atom is 0.328 e. The van der Waals surface area contributed by atoms with E-state index in [1.54, 1.807) is 0 Å². The van der Waals surface area contributed by atoms with Gasteiger partial charge >= 0.3 is 5.97 Å². The Bertz CT molecular complexity index is 632. The van der Waals surface area contributed by atoms with Crippen molar-refractivity contribution in [3.63, 3.8) is 0 Å². The molecule has 2 atom stereocenters. The van der Waals surface area contributed by atoms with Crippen molar-refractivity contribution in [2.45, 2.75) is 19.4 Å². The third kappa shape index (κ3) is 3.31. The van der Waals surface area contributed by atoms with Gasteiger partial charge in [-0.05, 0) is 37.1 Å². The second kappa shape index (κ2) is 7.09. The Morgan fingerprint density at radius 1 is 1.38 bits per heavy atom. The Morgan fingerprint density at radius 2 is 2.21 bits per heavy atom. The maximum atomic E-state index is 12.8. The van der Waals surface area contributed by atoms with E-state index >= 15 is 0 Å². The predicted molar refractivity (Wildman–Crippen MR) is 84.3 cm³/mol. The van der Waals surface area contributed by atoms with E-state index in [-0.39, 0.29) is 25.7 Å². The third-order valence-corrected chi connectivity index (χ3v) is 4.30. The fourth-order valence-electron chi connectivity index (χ4n) is 3.09. The minimum absolute atomic E-state index is 0.0275. The van der Waals surface area contributed by atoms with Crippen LogP contribution < -0.4 is 9.47 Å². The second-order valence-corrected chi connectivity index (χ2v) is 5.88. The van der Waals surface area contributed by atoms with Crippen LogP contribution in [0.2, 0.25) is 0 Å². The number of hydrogen-bond acceptors (Lipinski definition) is 5. The van der Waals surface area contributed by atoms with Crippen molar-refractivity contribution < 1.29 is 28.9 Å². The molecule has 2 heterocycles. The van der Waals surface area contributed by atoms with Crippen LogP contribution in [0.3, 0.4) is 0 Å². The monoisotopic (exact) mass is 335 g/mol. The van der Waals surface area contributed by atoms with Gasteiger partial charge in [-0.3, -0.25) is 4.79 Å². The molecule has 1 amide bonds. The Balaban J connectivity index is 1.75. The van der Waals surface area contributed by atoms with Crippen LogP contribution in [-0.2, 0) is 20.7 Å². The van der Waals surface area contributed by atoms with Gasteiger partial charge in [0.05, 0.1) is 25.7 Å². The number of fused-ring (bicyclic) bond motifs is 1. The second-order valence-electron chi connectivity index (χ2n) is 5.88. The fourth-order valence-corrected chi connectivity index (χ4v) is 3.09. The Hall–Kier alpha value is -2.28. The molecule has 1 aromatic rings. The van der Waals surface area contributed by atoms with Gasteiger partial charge in [0.25, 0.3) is 0 Å². The molecule has 7 heteroatoms. The van der Waals surface area contributed by atoms with Gasteiger partial charge in [0.1, 0.15) is 18.1 Å². The zero-order chi connectivity index (χ0) is 17.1. The summed E-state index contributed by atoms with van der Waals surface area (Å²) < 4.78 is 16.4. The lowest BCUT2D eigenvalue weighted by Gasteiger charge is -2.36. The van der Waals surface area contributed by atoms with E-state index in [0.29, 0.717) is 19.6 Å². The molecule has 24 heavy (non-hydrogen) atoms. The van der Waals surface area contributed by atoms with E-state index in [2.05, 4.69) is 0 Å². The highest BCUT2D eigenvalue weighted by molar-refractivity contribution is 5.86. The van der Waals surface area contributed by atoms with Crippen molar-refractivity contribution in [2.24, 2.45) is 5.92 Å². The Kier molecular flexibility index (Phi) is 4.89. The van der Waals surface area contributed by atoms with Crippen LogP contribution >= 0.6 is 0 Å². The van der Waals surface area contributed by atoms with E-state index in [1.165, 1.54) is 4.90 Å². The summed E-state index contributed by atoms with van der Waals surface area (Å²) in [5, 5.41) is 9.29. The largest absolute Gasteiger partial charge is 0.494 e. The summed E-state index contributed by atoms with van der Waals surface area (Å²) in [5.41, 5.74) is 0.908. The van der Waals surface area contributed by atoms with Crippen molar-refractivity contribution >= 4 is 11.9 Å². The van der Waals surface area contributed by atoms with Crippen molar-refractivity contribution in [1.29, 1.82) is 0 Å². The molecule has 0 radical (unpaired) electrons. The molecule has 0 aliphatic carbocycles. The molecular formula is C17H21NO6. The topological polar surface area (TPSA) is 85.3 Å². The SMILES string of the molecule is CCOc1ccc2c(c1)C[C@@H](C(=O)N1CCOC[C@@H]1C(=O)O)CO2. The Morgan fingerprint density at radius 3 is 2.96 bits per heavy atom. The highest BCUT2D eigenvalue weighted by Crippen LogP contribution is 2.31.